The van der Waals surface area contributed by atoms with Crippen molar-refractivity contribution < 1.29 is 46.5 Å². The Labute approximate surface area is 99.0 Å². The minimum absolute atomic E-state index is 0. The zero-order valence-corrected chi connectivity index (χ0v) is 12.1. The van der Waals surface area contributed by atoms with Gasteiger partial charge in [0.1, 0.15) is 0 Å². The number of halogens is 2. The fraction of sp³-hybridized carbons (Fsp3) is 0.429. The smallest absolute Gasteiger partial charge is 1.00 e. The molecule has 0 spiro atoms. The van der Waals surface area contributed by atoms with Gasteiger partial charge in [-0.3, -0.25) is 0 Å². The molecule has 0 aromatic heterocycles. The van der Waals surface area contributed by atoms with Crippen molar-refractivity contribution in [2.75, 3.05) is 0 Å². The molecule has 62 valence electrons. The van der Waals surface area contributed by atoms with Crippen molar-refractivity contribution >= 4 is 10.2 Å². The number of hydrogen-bond acceptors (Lipinski definition) is 0. The van der Waals surface area contributed by atoms with Crippen molar-refractivity contribution in [3.8, 4) is 0 Å². The second kappa shape index (κ2) is 7.63. The molecule has 0 unspecified atom stereocenters. The summed E-state index contributed by atoms with van der Waals surface area (Å²) in [5.41, 5.74) is 3.13. The van der Waals surface area contributed by atoms with Gasteiger partial charge in [-0.25, -0.2) is 0 Å². The van der Waals surface area contributed by atoms with Gasteiger partial charge in [0.15, 0.2) is 0 Å². The van der Waals surface area contributed by atoms with Crippen molar-refractivity contribution in [2.24, 2.45) is 0 Å². The SMILES string of the molecule is CC1=CC([SiH3])=C(C)C1.[Cl-].[Cl-].[Ti+2]. The van der Waals surface area contributed by atoms with Crippen molar-refractivity contribution in [2.45, 2.75) is 20.3 Å². The molecule has 0 N–H and O–H groups in total. The summed E-state index contributed by atoms with van der Waals surface area (Å²) in [6.07, 6.45) is 3.56. The predicted octanol–water partition coefficient (Wildman–Crippen LogP) is -5.02. The van der Waals surface area contributed by atoms with Gasteiger partial charge in [-0.05, 0) is 20.3 Å². The van der Waals surface area contributed by atoms with Crippen molar-refractivity contribution in [3.63, 3.8) is 0 Å². The first-order valence-electron chi connectivity index (χ1n) is 3.03. The zero-order chi connectivity index (χ0) is 6.15. The summed E-state index contributed by atoms with van der Waals surface area (Å²) in [6.45, 7) is 4.43. The summed E-state index contributed by atoms with van der Waals surface area (Å²) in [4.78, 5) is 0. The molecule has 0 bridgehead atoms. The summed E-state index contributed by atoms with van der Waals surface area (Å²) in [7, 11) is 1.23. The van der Waals surface area contributed by atoms with Crippen LogP contribution in [-0.4, -0.2) is 10.2 Å². The monoisotopic (exact) mass is 242 g/mol. The van der Waals surface area contributed by atoms with E-state index in [1.54, 1.807) is 10.8 Å². The van der Waals surface area contributed by atoms with Gasteiger partial charge in [0.25, 0.3) is 0 Å². The van der Waals surface area contributed by atoms with E-state index in [9.17, 15) is 0 Å². The molecule has 0 saturated heterocycles. The second-order valence-electron chi connectivity index (χ2n) is 2.63. The maximum absolute atomic E-state index is 2.32. The molecule has 0 aromatic carbocycles. The molecule has 0 amide bonds. The normalized spacial score (nSPS) is 14.5. The standard InChI is InChI=1S/C7H12Si.2ClH.Ti/c1-5-3-6(2)7(8)4-5;;;/h4H,3H2,1-2,8H3;2*1H;/q;;;+2/p-2. The molecule has 1 rings (SSSR count). The van der Waals surface area contributed by atoms with E-state index in [4.69, 9.17) is 0 Å². The molecular weight excluding hydrogens is 231 g/mol. The van der Waals surface area contributed by atoms with E-state index in [0.29, 0.717) is 0 Å². The van der Waals surface area contributed by atoms with Crippen LogP contribution in [0, 0.1) is 0 Å². The third-order valence-corrected chi connectivity index (χ3v) is 2.82. The first-order valence-corrected chi connectivity index (χ1v) is 4.03. The average molecular weight is 243 g/mol. The zero-order valence-electron chi connectivity index (χ0n) is 7.04. The third kappa shape index (κ3) is 5.26. The Morgan fingerprint density at radius 2 is 1.73 bits per heavy atom. The van der Waals surface area contributed by atoms with E-state index in [0.717, 1.165) is 0 Å². The van der Waals surface area contributed by atoms with Crippen LogP contribution in [0.1, 0.15) is 20.3 Å². The van der Waals surface area contributed by atoms with Gasteiger partial charge < -0.3 is 24.8 Å². The molecule has 0 aromatic rings. The van der Waals surface area contributed by atoms with Gasteiger partial charge in [0.05, 0.1) is 0 Å². The average Bonchev–Trinajstić information content (AvgIpc) is 1.85. The van der Waals surface area contributed by atoms with E-state index < -0.39 is 0 Å². The van der Waals surface area contributed by atoms with E-state index in [2.05, 4.69) is 19.9 Å². The van der Waals surface area contributed by atoms with Gasteiger partial charge in [-0.15, -0.1) is 0 Å². The van der Waals surface area contributed by atoms with Crippen LogP contribution in [0.25, 0.3) is 0 Å². The summed E-state index contributed by atoms with van der Waals surface area (Å²) in [5, 5.41) is 1.60. The molecule has 1 aliphatic carbocycles. The van der Waals surface area contributed by atoms with E-state index in [-0.39, 0.29) is 46.5 Å². The molecule has 11 heavy (non-hydrogen) atoms. The predicted molar refractivity (Wildman–Crippen MR) is 41.0 cm³/mol. The number of allylic oxidation sites excluding steroid dienone is 4. The van der Waals surface area contributed by atoms with Gasteiger partial charge in [-0.1, -0.05) is 22.4 Å². The van der Waals surface area contributed by atoms with Crippen LogP contribution < -0.4 is 24.8 Å². The van der Waals surface area contributed by atoms with Gasteiger partial charge in [0.2, 0.25) is 0 Å². The molecule has 1 aliphatic rings. The third-order valence-electron chi connectivity index (χ3n) is 1.68. The Morgan fingerprint density at radius 1 is 1.27 bits per heavy atom. The van der Waals surface area contributed by atoms with Crippen LogP contribution in [-0.2, 0) is 21.7 Å². The fourth-order valence-electron chi connectivity index (χ4n) is 1.10. The number of rotatable bonds is 0. The van der Waals surface area contributed by atoms with E-state index in [1.165, 1.54) is 22.2 Å². The van der Waals surface area contributed by atoms with Crippen LogP contribution in [0.2, 0.25) is 0 Å². The Balaban J connectivity index is -0.000000213. The Morgan fingerprint density at radius 3 is 1.82 bits per heavy atom. The van der Waals surface area contributed by atoms with Crippen molar-refractivity contribution in [1.82, 2.24) is 0 Å². The fourth-order valence-corrected chi connectivity index (χ4v) is 1.77. The molecule has 4 heteroatoms. The van der Waals surface area contributed by atoms with E-state index >= 15 is 0 Å². The first kappa shape index (κ1) is 17.9. The molecule has 0 nitrogen and oxygen atoms in total. The molecule has 0 fully saturated rings. The van der Waals surface area contributed by atoms with Crippen molar-refractivity contribution in [1.29, 1.82) is 0 Å². The summed E-state index contributed by atoms with van der Waals surface area (Å²) >= 11 is 0. The summed E-state index contributed by atoms with van der Waals surface area (Å²) < 4.78 is 0. The molecule has 0 radical (unpaired) electrons. The largest absolute Gasteiger partial charge is 2.00 e. The minimum Gasteiger partial charge on any atom is -1.00 e. The Bertz CT molecular complexity index is 175. The van der Waals surface area contributed by atoms with Gasteiger partial charge >= 0.3 is 21.7 Å². The van der Waals surface area contributed by atoms with Crippen LogP contribution in [0.4, 0.5) is 0 Å². The topological polar surface area (TPSA) is 0 Å². The first-order chi connectivity index (χ1) is 3.70. The maximum atomic E-state index is 2.32. The van der Waals surface area contributed by atoms with Gasteiger partial charge in [0, 0.05) is 10.2 Å². The molecule has 0 heterocycles. The minimum atomic E-state index is 0. The van der Waals surface area contributed by atoms with Crippen molar-refractivity contribution in [3.05, 3.63) is 22.4 Å². The van der Waals surface area contributed by atoms with Gasteiger partial charge in [-0.2, -0.15) is 0 Å². The van der Waals surface area contributed by atoms with Crippen LogP contribution in [0.5, 0.6) is 0 Å². The van der Waals surface area contributed by atoms with Crippen LogP contribution in [0.3, 0.4) is 0 Å². The maximum Gasteiger partial charge on any atom is 2.00 e. The summed E-state index contributed by atoms with van der Waals surface area (Å²) in [5.74, 6) is 0. The molecule has 0 atom stereocenters. The van der Waals surface area contributed by atoms with Crippen LogP contribution >= 0.6 is 0 Å². The second-order valence-corrected chi connectivity index (χ2v) is 3.71. The Kier molecular flexibility index (Phi) is 12.4. The molecular formula is C7H12Cl2SiTi. The van der Waals surface area contributed by atoms with Crippen LogP contribution in [0.15, 0.2) is 22.4 Å². The Hall–Kier alpha value is 0.991. The summed E-state index contributed by atoms with van der Waals surface area (Å²) in [6, 6.07) is 0. The number of hydrogen-bond donors (Lipinski definition) is 0. The van der Waals surface area contributed by atoms with E-state index in [1.807, 2.05) is 0 Å². The quantitative estimate of drug-likeness (QED) is 0.374. The molecule has 0 saturated carbocycles. The molecule has 0 aliphatic heterocycles.